The summed E-state index contributed by atoms with van der Waals surface area (Å²) in [5.74, 6) is 0.204. The van der Waals surface area contributed by atoms with Gasteiger partial charge in [0, 0.05) is 5.56 Å². The largest absolute Gasteiger partial charge is 0.496 e. The number of benzene rings is 2. The fourth-order valence-electron chi connectivity index (χ4n) is 1.74. The van der Waals surface area contributed by atoms with Crippen molar-refractivity contribution in [3.05, 3.63) is 62.8 Å². The Kier molecular flexibility index (Phi) is 4.71. The molecule has 19 heavy (non-hydrogen) atoms. The van der Waals surface area contributed by atoms with Gasteiger partial charge in [-0.2, -0.15) is 0 Å². The summed E-state index contributed by atoms with van der Waals surface area (Å²) in [7, 11) is 1.58. The lowest BCUT2D eigenvalue weighted by Crippen LogP contribution is -1.98. The second-order valence-electron chi connectivity index (χ2n) is 3.90. The van der Waals surface area contributed by atoms with Crippen molar-refractivity contribution in [1.82, 2.24) is 0 Å². The molecule has 1 nitrogen and oxygen atoms in total. The Bertz CT molecular complexity index is 604. The van der Waals surface area contributed by atoms with Crippen LogP contribution in [0.15, 0.2) is 40.9 Å². The monoisotopic (exact) mass is 362 g/mol. The van der Waals surface area contributed by atoms with E-state index >= 15 is 0 Å². The smallest absolute Gasteiger partial charge is 0.146 e. The van der Waals surface area contributed by atoms with Crippen molar-refractivity contribution in [2.45, 2.75) is 5.38 Å². The van der Waals surface area contributed by atoms with E-state index in [9.17, 15) is 4.39 Å². The molecule has 0 heterocycles. The maximum Gasteiger partial charge on any atom is 0.146 e. The number of halogens is 4. The Morgan fingerprint density at radius 2 is 2.00 bits per heavy atom. The average Bonchev–Trinajstić information content (AvgIpc) is 2.41. The van der Waals surface area contributed by atoms with Gasteiger partial charge in [-0.25, -0.2) is 4.39 Å². The van der Waals surface area contributed by atoms with E-state index in [0.29, 0.717) is 11.3 Å². The van der Waals surface area contributed by atoms with Gasteiger partial charge in [0.25, 0.3) is 0 Å². The van der Waals surface area contributed by atoms with Crippen molar-refractivity contribution >= 4 is 39.1 Å². The molecule has 0 N–H and O–H groups in total. The van der Waals surface area contributed by atoms with Crippen LogP contribution in [-0.4, -0.2) is 7.11 Å². The van der Waals surface area contributed by atoms with Crippen LogP contribution < -0.4 is 4.74 Å². The quantitative estimate of drug-likeness (QED) is 0.647. The van der Waals surface area contributed by atoms with Crippen molar-refractivity contribution in [2.75, 3.05) is 7.11 Å². The molecule has 0 bridgehead atoms. The molecule has 0 saturated heterocycles. The SMILES string of the molecule is COc1ccc(C(Cl)c2cccc(Cl)c2F)cc1Br. The molecule has 100 valence electrons. The minimum absolute atomic E-state index is 0.0655. The molecule has 0 aliphatic carbocycles. The minimum Gasteiger partial charge on any atom is -0.496 e. The van der Waals surface area contributed by atoms with Crippen LogP contribution in [0.3, 0.4) is 0 Å². The second kappa shape index (κ2) is 6.12. The molecule has 0 aromatic heterocycles. The van der Waals surface area contributed by atoms with Crippen molar-refractivity contribution in [3.8, 4) is 5.75 Å². The van der Waals surface area contributed by atoms with Crippen LogP contribution in [0.1, 0.15) is 16.5 Å². The molecule has 0 aliphatic heterocycles. The topological polar surface area (TPSA) is 9.23 Å². The van der Waals surface area contributed by atoms with Gasteiger partial charge in [0.05, 0.1) is 22.0 Å². The van der Waals surface area contributed by atoms with E-state index < -0.39 is 11.2 Å². The van der Waals surface area contributed by atoms with Crippen LogP contribution in [-0.2, 0) is 0 Å². The zero-order valence-electron chi connectivity index (χ0n) is 9.96. The van der Waals surface area contributed by atoms with Crippen LogP contribution in [0.5, 0.6) is 5.75 Å². The summed E-state index contributed by atoms with van der Waals surface area (Å²) in [4.78, 5) is 0. The van der Waals surface area contributed by atoms with Crippen molar-refractivity contribution < 1.29 is 9.13 Å². The maximum absolute atomic E-state index is 13.9. The molecule has 2 aromatic rings. The highest BCUT2D eigenvalue weighted by Gasteiger charge is 2.18. The highest BCUT2D eigenvalue weighted by atomic mass is 79.9. The van der Waals surface area contributed by atoms with Crippen LogP contribution in [0.2, 0.25) is 5.02 Å². The lowest BCUT2D eigenvalue weighted by atomic mass is 10.0. The summed E-state index contributed by atoms with van der Waals surface area (Å²) in [5, 5.41) is -0.545. The normalized spacial score (nSPS) is 12.3. The average molecular weight is 364 g/mol. The number of ether oxygens (including phenoxy) is 1. The van der Waals surface area contributed by atoms with E-state index in [4.69, 9.17) is 27.9 Å². The first-order valence-corrected chi connectivity index (χ1v) is 7.06. The highest BCUT2D eigenvalue weighted by Crippen LogP contribution is 2.36. The number of methoxy groups -OCH3 is 1. The third-order valence-corrected chi connectivity index (χ3v) is 4.12. The molecular weight excluding hydrogens is 354 g/mol. The van der Waals surface area contributed by atoms with Gasteiger partial charge in [-0.15, -0.1) is 11.6 Å². The summed E-state index contributed by atoms with van der Waals surface area (Å²) in [6, 6.07) is 10.2. The lowest BCUT2D eigenvalue weighted by molar-refractivity contribution is 0.412. The molecule has 0 aliphatic rings. The summed E-state index contributed by atoms with van der Waals surface area (Å²) in [6.45, 7) is 0. The third-order valence-electron chi connectivity index (χ3n) is 2.72. The van der Waals surface area contributed by atoms with E-state index in [1.54, 1.807) is 37.4 Å². The van der Waals surface area contributed by atoms with E-state index in [1.165, 1.54) is 6.07 Å². The van der Waals surface area contributed by atoms with Gasteiger partial charge in [-0.1, -0.05) is 29.8 Å². The Morgan fingerprint density at radius 3 is 2.63 bits per heavy atom. The zero-order chi connectivity index (χ0) is 14.0. The summed E-state index contributed by atoms with van der Waals surface area (Å²) >= 11 is 15.5. The van der Waals surface area contributed by atoms with Gasteiger partial charge in [-0.3, -0.25) is 0 Å². The fourth-order valence-corrected chi connectivity index (χ4v) is 2.78. The van der Waals surface area contributed by atoms with Crippen molar-refractivity contribution in [1.29, 1.82) is 0 Å². The molecular formula is C14H10BrCl2FO. The van der Waals surface area contributed by atoms with Gasteiger partial charge >= 0.3 is 0 Å². The van der Waals surface area contributed by atoms with Gasteiger partial charge < -0.3 is 4.74 Å². The predicted octanol–water partition coefficient (Wildman–Crippen LogP) is 5.58. The van der Waals surface area contributed by atoms with E-state index in [1.807, 2.05) is 0 Å². The van der Waals surface area contributed by atoms with Gasteiger partial charge in [0.1, 0.15) is 11.6 Å². The molecule has 0 saturated carbocycles. The Morgan fingerprint density at radius 1 is 1.26 bits per heavy atom. The van der Waals surface area contributed by atoms with Crippen LogP contribution in [0.4, 0.5) is 4.39 Å². The summed E-state index contributed by atoms with van der Waals surface area (Å²) < 4.78 is 19.8. The number of rotatable bonds is 3. The van der Waals surface area contributed by atoms with Crippen molar-refractivity contribution in [2.24, 2.45) is 0 Å². The fraction of sp³-hybridized carbons (Fsp3) is 0.143. The molecule has 2 aromatic carbocycles. The molecule has 5 heteroatoms. The second-order valence-corrected chi connectivity index (χ2v) is 5.60. The molecule has 0 spiro atoms. The first kappa shape index (κ1) is 14.6. The summed E-state index contributed by atoms with van der Waals surface area (Å²) in [5.41, 5.74) is 1.11. The zero-order valence-corrected chi connectivity index (χ0v) is 13.1. The molecule has 1 unspecified atom stereocenters. The number of hydrogen-bond donors (Lipinski definition) is 0. The first-order chi connectivity index (χ1) is 9.04. The molecule has 1 atom stereocenters. The third kappa shape index (κ3) is 3.04. The standard InChI is InChI=1S/C14H10BrCl2FO/c1-19-12-6-5-8(7-10(12)15)13(17)9-3-2-4-11(16)14(9)18/h2-7,13H,1H3. The molecule has 2 rings (SSSR count). The highest BCUT2D eigenvalue weighted by molar-refractivity contribution is 9.10. The molecule has 0 radical (unpaired) electrons. The van der Waals surface area contributed by atoms with Crippen molar-refractivity contribution in [3.63, 3.8) is 0 Å². The van der Waals surface area contributed by atoms with Crippen LogP contribution >= 0.6 is 39.1 Å². The van der Waals surface area contributed by atoms with Crippen LogP contribution in [0.25, 0.3) is 0 Å². The number of alkyl halides is 1. The van der Waals surface area contributed by atoms with Gasteiger partial charge in [0.15, 0.2) is 0 Å². The van der Waals surface area contributed by atoms with Gasteiger partial charge in [0.2, 0.25) is 0 Å². The van der Waals surface area contributed by atoms with E-state index in [-0.39, 0.29) is 5.02 Å². The maximum atomic E-state index is 13.9. The van der Waals surface area contributed by atoms with Crippen LogP contribution in [0, 0.1) is 5.82 Å². The van der Waals surface area contributed by atoms with E-state index in [2.05, 4.69) is 15.9 Å². The minimum atomic E-state index is -0.610. The lowest BCUT2D eigenvalue weighted by Gasteiger charge is -2.13. The Labute approximate surface area is 129 Å². The predicted molar refractivity (Wildman–Crippen MR) is 79.8 cm³/mol. The molecule has 0 fully saturated rings. The number of hydrogen-bond acceptors (Lipinski definition) is 1. The first-order valence-electron chi connectivity index (χ1n) is 5.46. The Hall–Kier alpha value is -0.770. The molecule has 0 amide bonds. The van der Waals surface area contributed by atoms with E-state index in [0.717, 1.165) is 10.0 Å². The van der Waals surface area contributed by atoms with Gasteiger partial charge in [-0.05, 0) is 39.7 Å². The summed E-state index contributed by atoms with van der Waals surface area (Å²) in [6.07, 6.45) is 0. The Balaban J connectivity index is 2.41.